The van der Waals surface area contributed by atoms with E-state index in [-0.39, 0.29) is 36.5 Å². The Bertz CT molecular complexity index is 606. The zero-order chi connectivity index (χ0) is 18.4. The fraction of sp³-hybridized carbons (Fsp3) is 0.632. The number of aliphatic hydroxyl groups excluding tert-OH is 1. The van der Waals surface area contributed by atoms with Crippen LogP contribution in [0.2, 0.25) is 0 Å². The second-order valence-electron chi connectivity index (χ2n) is 7.08. The highest BCUT2D eigenvalue weighted by molar-refractivity contribution is 5.94. The van der Waals surface area contributed by atoms with Crippen molar-refractivity contribution in [1.29, 1.82) is 0 Å². The first kappa shape index (κ1) is 18.8. The van der Waals surface area contributed by atoms with Crippen molar-refractivity contribution in [2.45, 2.75) is 56.8 Å². The smallest absolute Gasteiger partial charge is 0.251 e. The number of aliphatic hydroxyl groups is 1. The Balaban J connectivity index is 1.43. The Hall–Kier alpha value is -1.99. The molecule has 2 fully saturated rings. The molecule has 3 N–H and O–H groups in total. The molecule has 7 heteroatoms. The van der Waals surface area contributed by atoms with Gasteiger partial charge in [-0.15, -0.1) is 0 Å². The quantitative estimate of drug-likeness (QED) is 0.673. The molecule has 142 valence electrons. The third-order valence-corrected chi connectivity index (χ3v) is 5.30. The van der Waals surface area contributed by atoms with Gasteiger partial charge >= 0.3 is 0 Å². The molecule has 0 radical (unpaired) electrons. The number of nitrogens with zero attached hydrogens (tertiary/aromatic N) is 1. The minimum absolute atomic E-state index is 0.0112. The van der Waals surface area contributed by atoms with Crippen molar-refractivity contribution in [2.24, 2.45) is 5.92 Å². The lowest BCUT2D eigenvalue weighted by atomic mass is 9.85. The maximum absolute atomic E-state index is 12.3. The SMILES string of the molecule is O=C(N[C@@H]1CC[C@@H](CCNC(=O)C2CCC2)O[C@H]1CO)c1ccncc1. The van der Waals surface area contributed by atoms with Crippen molar-refractivity contribution in [1.82, 2.24) is 15.6 Å². The molecule has 3 rings (SSSR count). The standard InChI is InChI=1S/C19H27N3O4/c23-12-17-16(22-19(25)14-6-9-20-10-7-14)5-4-15(26-17)8-11-21-18(24)13-2-1-3-13/h6-7,9-10,13,15-17,23H,1-5,8,11-12H2,(H,21,24)(H,22,25)/t15-,16+,17-/m0/s1. The first-order chi connectivity index (χ1) is 12.7. The van der Waals surface area contributed by atoms with E-state index in [2.05, 4.69) is 15.6 Å². The molecular formula is C19H27N3O4. The van der Waals surface area contributed by atoms with E-state index in [0.717, 1.165) is 38.5 Å². The number of carbonyl (C=O) groups excluding carboxylic acids is 2. The van der Waals surface area contributed by atoms with Crippen LogP contribution >= 0.6 is 0 Å². The second-order valence-corrected chi connectivity index (χ2v) is 7.08. The van der Waals surface area contributed by atoms with Gasteiger partial charge in [0.25, 0.3) is 5.91 Å². The van der Waals surface area contributed by atoms with Gasteiger partial charge in [0.05, 0.1) is 18.8 Å². The molecule has 0 aromatic carbocycles. The summed E-state index contributed by atoms with van der Waals surface area (Å²) in [4.78, 5) is 28.0. The second kappa shape index (κ2) is 9.09. The molecule has 2 heterocycles. The average molecular weight is 361 g/mol. The fourth-order valence-electron chi connectivity index (χ4n) is 3.44. The Labute approximate surface area is 153 Å². The number of aromatic nitrogens is 1. The van der Waals surface area contributed by atoms with Crippen LogP contribution in [0.5, 0.6) is 0 Å². The highest BCUT2D eigenvalue weighted by Crippen LogP contribution is 2.26. The largest absolute Gasteiger partial charge is 0.394 e. The molecule has 3 atom stereocenters. The number of rotatable bonds is 7. The number of hydrogen-bond acceptors (Lipinski definition) is 5. The summed E-state index contributed by atoms with van der Waals surface area (Å²) in [6.07, 6.45) is 8.10. The van der Waals surface area contributed by atoms with Gasteiger partial charge in [0.2, 0.25) is 5.91 Å². The van der Waals surface area contributed by atoms with Crippen LogP contribution in [0.15, 0.2) is 24.5 Å². The molecule has 2 amide bonds. The minimum Gasteiger partial charge on any atom is -0.394 e. The van der Waals surface area contributed by atoms with Crippen LogP contribution in [0.25, 0.3) is 0 Å². The highest BCUT2D eigenvalue weighted by atomic mass is 16.5. The van der Waals surface area contributed by atoms with Gasteiger partial charge in [0, 0.05) is 30.4 Å². The van der Waals surface area contributed by atoms with Crippen LogP contribution in [0, 0.1) is 5.92 Å². The first-order valence-corrected chi connectivity index (χ1v) is 9.42. The first-order valence-electron chi connectivity index (χ1n) is 9.42. The molecule has 7 nitrogen and oxygen atoms in total. The van der Waals surface area contributed by atoms with Crippen molar-refractivity contribution in [3.63, 3.8) is 0 Å². The van der Waals surface area contributed by atoms with Gasteiger partial charge in [0.1, 0.15) is 6.10 Å². The van der Waals surface area contributed by atoms with Crippen molar-refractivity contribution in [2.75, 3.05) is 13.2 Å². The van der Waals surface area contributed by atoms with E-state index in [1.54, 1.807) is 24.5 Å². The van der Waals surface area contributed by atoms with Gasteiger partial charge in [-0.25, -0.2) is 0 Å². The van der Waals surface area contributed by atoms with Gasteiger partial charge in [-0.2, -0.15) is 0 Å². The summed E-state index contributed by atoms with van der Waals surface area (Å²) < 4.78 is 5.94. The normalized spacial score (nSPS) is 26.0. The third-order valence-electron chi connectivity index (χ3n) is 5.30. The van der Waals surface area contributed by atoms with E-state index < -0.39 is 6.10 Å². The third kappa shape index (κ3) is 4.80. The summed E-state index contributed by atoms with van der Waals surface area (Å²) in [5, 5.41) is 15.5. The van der Waals surface area contributed by atoms with Gasteiger partial charge in [-0.3, -0.25) is 14.6 Å². The molecule has 0 bridgehead atoms. The molecule has 1 aromatic heterocycles. The van der Waals surface area contributed by atoms with E-state index in [4.69, 9.17) is 4.74 Å². The maximum Gasteiger partial charge on any atom is 0.251 e. The molecule has 26 heavy (non-hydrogen) atoms. The fourth-order valence-corrected chi connectivity index (χ4v) is 3.44. The highest BCUT2D eigenvalue weighted by Gasteiger charge is 2.32. The van der Waals surface area contributed by atoms with Crippen LogP contribution in [-0.2, 0) is 9.53 Å². The lowest BCUT2D eigenvalue weighted by Gasteiger charge is -2.36. The zero-order valence-corrected chi connectivity index (χ0v) is 14.9. The lowest BCUT2D eigenvalue weighted by Crippen LogP contribution is -2.51. The number of nitrogens with one attached hydrogen (secondary N) is 2. The van der Waals surface area contributed by atoms with Crippen LogP contribution in [0.1, 0.15) is 48.9 Å². The topological polar surface area (TPSA) is 101 Å². The molecular weight excluding hydrogens is 334 g/mol. The van der Waals surface area contributed by atoms with Crippen LogP contribution in [0.3, 0.4) is 0 Å². The summed E-state index contributed by atoms with van der Waals surface area (Å²) >= 11 is 0. The van der Waals surface area contributed by atoms with Gasteiger partial charge in [-0.1, -0.05) is 6.42 Å². The van der Waals surface area contributed by atoms with E-state index in [9.17, 15) is 14.7 Å². The number of pyridine rings is 1. The molecule has 2 aliphatic rings. The average Bonchev–Trinajstić information content (AvgIpc) is 2.62. The van der Waals surface area contributed by atoms with E-state index in [1.807, 2.05) is 0 Å². The van der Waals surface area contributed by atoms with Crippen LogP contribution < -0.4 is 10.6 Å². The van der Waals surface area contributed by atoms with Crippen LogP contribution in [0.4, 0.5) is 0 Å². The molecule has 0 unspecified atom stereocenters. The van der Waals surface area contributed by atoms with E-state index >= 15 is 0 Å². The van der Waals surface area contributed by atoms with E-state index in [1.165, 1.54) is 0 Å². The predicted molar refractivity (Wildman–Crippen MR) is 95.4 cm³/mol. The molecule has 1 saturated carbocycles. The molecule has 0 spiro atoms. The monoisotopic (exact) mass is 361 g/mol. The van der Waals surface area contributed by atoms with Crippen molar-refractivity contribution in [3.8, 4) is 0 Å². The van der Waals surface area contributed by atoms with E-state index in [0.29, 0.717) is 12.1 Å². The molecule has 1 aliphatic heterocycles. The lowest BCUT2D eigenvalue weighted by molar-refractivity contribution is -0.127. The van der Waals surface area contributed by atoms with Gasteiger partial charge < -0.3 is 20.5 Å². The molecule has 1 aliphatic carbocycles. The Morgan fingerprint density at radius 2 is 1.96 bits per heavy atom. The summed E-state index contributed by atoms with van der Waals surface area (Å²) in [7, 11) is 0. The van der Waals surface area contributed by atoms with Crippen molar-refractivity contribution >= 4 is 11.8 Å². The molecule has 1 aromatic rings. The summed E-state index contributed by atoms with van der Waals surface area (Å²) in [6, 6.07) is 3.09. The maximum atomic E-state index is 12.3. The minimum atomic E-state index is -0.429. The van der Waals surface area contributed by atoms with Crippen molar-refractivity contribution in [3.05, 3.63) is 30.1 Å². The molecule has 1 saturated heterocycles. The van der Waals surface area contributed by atoms with Crippen molar-refractivity contribution < 1.29 is 19.4 Å². The predicted octanol–water partition coefficient (Wildman–Crippen LogP) is 1.03. The van der Waals surface area contributed by atoms with Crippen LogP contribution in [-0.4, -0.2) is 53.3 Å². The van der Waals surface area contributed by atoms with Gasteiger partial charge in [0.15, 0.2) is 0 Å². The summed E-state index contributed by atoms with van der Waals surface area (Å²) in [5.74, 6) is 0.152. The summed E-state index contributed by atoms with van der Waals surface area (Å²) in [6.45, 7) is 0.443. The number of hydrogen-bond donors (Lipinski definition) is 3. The Morgan fingerprint density at radius 3 is 2.62 bits per heavy atom. The number of carbonyl (C=O) groups is 2. The zero-order valence-electron chi connectivity index (χ0n) is 14.9. The van der Waals surface area contributed by atoms with Gasteiger partial charge in [-0.05, 0) is 44.2 Å². The number of ether oxygens (including phenoxy) is 1. The number of amides is 2. The Kier molecular flexibility index (Phi) is 6.57. The summed E-state index contributed by atoms with van der Waals surface area (Å²) in [5.41, 5.74) is 0.539. The Morgan fingerprint density at radius 1 is 1.19 bits per heavy atom.